The molecule has 0 spiro atoms. The number of aliphatic carboxylic acids is 1. The first-order valence-electron chi connectivity index (χ1n) is 12.1. The molecule has 0 fully saturated rings. The van der Waals surface area contributed by atoms with Crippen molar-refractivity contribution in [3.63, 3.8) is 0 Å². The largest absolute Gasteiger partial charge is 0.480 e. The van der Waals surface area contributed by atoms with Gasteiger partial charge in [0.05, 0.1) is 12.2 Å². The number of anilines is 1. The number of carbonyl (C=O) groups is 1. The number of hydrogen-bond donors (Lipinski definition) is 2. The van der Waals surface area contributed by atoms with E-state index in [0.29, 0.717) is 22.6 Å². The number of unbranched alkanes of at least 4 members (excludes halogenated alkanes) is 1. The molecule has 0 radical (unpaired) electrons. The van der Waals surface area contributed by atoms with Crippen molar-refractivity contribution >= 4 is 21.8 Å². The summed E-state index contributed by atoms with van der Waals surface area (Å²) in [5.74, 6) is -1.11. The van der Waals surface area contributed by atoms with E-state index in [0.717, 1.165) is 19.3 Å². The van der Waals surface area contributed by atoms with Crippen LogP contribution in [0.25, 0.3) is 0 Å². The van der Waals surface area contributed by atoms with Crippen molar-refractivity contribution in [1.82, 2.24) is 14.3 Å². The lowest BCUT2D eigenvalue weighted by molar-refractivity contribution is -0.134. The van der Waals surface area contributed by atoms with Crippen LogP contribution in [0, 0.1) is 5.82 Å². The highest BCUT2D eigenvalue weighted by atomic mass is 32.2. The van der Waals surface area contributed by atoms with E-state index < -0.39 is 16.0 Å². The molecule has 0 bridgehead atoms. The number of hydrogen-bond acceptors (Lipinski definition) is 6. The summed E-state index contributed by atoms with van der Waals surface area (Å²) in [6.45, 7) is 5.57. The molecule has 0 amide bonds. The normalized spacial score (nSPS) is 12.0. The third-order valence-electron chi connectivity index (χ3n) is 6.08. The van der Waals surface area contributed by atoms with Gasteiger partial charge in [0.15, 0.2) is 5.03 Å². The molecule has 0 unspecified atom stereocenters. The number of aromatic nitrogens is 2. The number of nitrogens with zero attached hydrogens (tertiary/aromatic N) is 3. The first-order chi connectivity index (χ1) is 17.5. The van der Waals surface area contributed by atoms with Crippen molar-refractivity contribution in [1.29, 1.82) is 0 Å². The lowest BCUT2D eigenvalue weighted by Gasteiger charge is -2.27. The van der Waals surface area contributed by atoms with Crippen molar-refractivity contribution in [2.45, 2.75) is 63.6 Å². The van der Waals surface area contributed by atoms with E-state index in [4.69, 9.17) is 5.11 Å². The fraction of sp³-hybridized carbons (Fsp3) is 0.370. The van der Waals surface area contributed by atoms with Gasteiger partial charge in [-0.3, -0.25) is 4.79 Å². The Morgan fingerprint density at radius 2 is 1.89 bits per heavy atom. The second kappa shape index (κ2) is 12.2. The minimum atomic E-state index is -4.05. The molecule has 2 aromatic heterocycles. The molecular formula is C27H33FN4O4S. The minimum absolute atomic E-state index is 0.0973. The highest BCUT2D eigenvalue weighted by molar-refractivity contribution is 7.89. The number of carboxylic acid groups (broad SMARTS) is 1. The Morgan fingerprint density at radius 3 is 2.54 bits per heavy atom. The molecule has 37 heavy (non-hydrogen) atoms. The van der Waals surface area contributed by atoms with Crippen molar-refractivity contribution < 1.29 is 22.7 Å². The van der Waals surface area contributed by atoms with Crippen molar-refractivity contribution in [3.8, 4) is 0 Å². The molecule has 0 aliphatic rings. The average Bonchev–Trinajstić information content (AvgIpc) is 2.86. The van der Waals surface area contributed by atoms with E-state index in [1.807, 2.05) is 13.8 Å². The molecular weight excluding hydrogens is 495 g/mol. The monoisotopic (exact) mass is 528 g/mol. The number of pyridine rings is 2. The SMILES string of the molecule is CCCCC(C)(C)c1ccc(CN(Cc2cccc(NCC(=O)O)n2)S(=O)(=O)c2ccccn2)cc1F. The minimum Gasteiger partial charge on any atom is -0.480 e. The number of benzene rings is 1. The van der Waals surface area contributed by atoms with Gasteiger partial charge in [-0.1, -0.05) is 57.9 Å². The van der Waals surface area contributed by atoms with Gasteiger partial charge < -0.3 is 10.4 Å². The Hall–Kier alpha value is -3.37. The van der Waals surface area contributed by atoms with Gasteiger partial charge in [-0.15, -0.1) is 0 Å². The molecule has 2 heterocycles. The van der Waals surface area contributed by atoms with Gasteiger partial charge in [-0.2, -0.15) is 4.31 Å². The predicted octanol–water partition coefficient (Wildman–Crippen LogP) is 4.97. The summed E-state index contributed by atoms with van der Waals surface area (Å²) in [5, 5.41) is 11.5. The van der Waals surface area contributed by atoms with Crippen molar-refractivity contribution in [2.24, 2.45) is 0 Å². The standard InChI is InChI=1S/C27H33FN4O4S/c1-4-5-14-27(2,3)22-13-12-20(16-23(22)28)18-32(37(35,36)25-11-6-7-15-29-25)19-21-9-8-10-24(31-21)30-17-26(33)34/h6-13,15-16H,4-5,14,17-19H2,1-3H3,(H,30,31)(H,33,34). The summed E-state index contributed by atoms with van der Waals surface area (Å²) < 4.78 is 43.5. The smallest absolute Gasteiger partial charge is 0.322 e. The van der Waals surface area contributed by atoms with E-state index in [9.17, 15) is 13.2 Å². The molecule has 3 rings (SSSR count). The lowest BCUT2D eigenvalue weighted by Crippen LogP contribution is -2.31. The fourth-order valence-corrected chi connectivity index (χ4v) is 5.36. The van der Waals surface area contributed by atoms with Crippen LogP contribution < -0.4 is 5.32 Å². The predicted molar refractivity (Wildman–Crippen MR) is 140 cm³/mol. The van der Waals surface area contributed by atoms with Crippen LogP contribution in [0.15, 0.2) is 65.8 Å². The molecule has 8 nitrogen and oxygen atoms in total. The van der Waals surface area contributed by atoms with Gasteiger partial charge in [0, 0.05) is 12.7 Å². The topological polar surface area (TPSA) is 112 Å². The third kappa shape index (κ3) is 7.56. The molecule has 0 saturated carbocycles. The molecule has 0 aliphatic carbocycles. The third-order valence-corrected chi connectivity index (χ3v) is 7.79. The van der Waals surface area contributed by atoms with Crippen molar-refractivity contribution in [3.05, 3.63) is 83.4 Å². The molecule has 0 aliphatic heterocycles. The average molecular weight is 529 g/mol. The van der Waals surface area contributed by atoms with Crippen LogP contribution in [0.4, 0.5) is 10.2 Å². The highest BCUT2D eigenvalue weighted by Gasteiger charge is 2.28. The van der Waals surface area contributed by atoms with Crippen molar-refractivity contribution in [2.75, 3.05) is 11.9 Å². The Bertz CT molecular complexity index is 1320. The van der Waals surface area contributed by atoms with Crippen LogP contribution in [0.3, 0.4) is 0 Å². The number of rotatable bonds is 13. The van der Waals surface area contributed by atoms with E-state index in [2.05, 4.69) is 22.2 Å². The number of carboxylic acids is 1. The Morgan fingerprint density at radius 1 is 1.11 bits per heavy atom. The van der Waals surface area contributed by atoms with E-state index in [1.165, 1.54) is 22.6 Å². The molecule has 3 aromatic rings. The zero-order valence-corrected chi connectivity index (χ0v) is 22.1. The first-order valence-corrected chi connectivity index (χ1v) is 13.6. The molecule has 2 N–H and O–H groups in total. The van der Waals surface area contributed by atoms with Crippen LogP contribution in [-0.2, 0) is 33.3 Å². The van der Waals surface area contributed by atoms with Crippen LogP contribution in [0.1, 0.15) is 56.9 Å². The maximum atomic E-state index is 15.2. The summed E-state index contributed by atoms with van der Waals surface area (Å²) in [7, 11) is -4.05. The molecule has 10 heteroatoms. The first kappa shape index (κ1) is 28.2. The number of sulfonamides is 1. The maximum Gasteiger partial charge on any atom is 0.322 e. The molecule has 1 aromatic carbocycles. The van der Waals surface area contributed by atoms with Crippen LogP contribution in [-0.4, -0.2) is 40.3 Å². The Kier molecular flexibility index (Phi) is 9.34. The Labute approximate surface area is 217 Å². The summed E-state index contributed by atoms with van der Waals surface area (Å²) in [6.07, 6.45) is 4.24. The fourth-order valence-electron chi connectivity index (χ4n) is 4.03. The van der Waals surface area contributed by atoms with Gasteiger partial charge in [0.1, 0.15) is 18.2 Å². The van der Waals surface area contributed by atoms with E-state index >= 15 is 4.39 Å². The van der Waals surface area contributed by atoms with E-state index in [1.54, 1.807) is 42.5 Å². The molecule has 0 saturated heterocycles. The summed E-state index contributed by atoms with van der Waals surface area (Å²) >= 11 is 0. The zero-order valence-electron chi connectivity index (χ0n) is 21.3. The van der Waals surface area contributed by atoms with E-state index in [-0.39, 0.29) is 35.9 Å². The van der Waals surface area contributed by atoms with Gasteiger partial charge in [0.25, 0.3) is 10.0 Å². The summed E-state index contributed by atoms with van der Waals surface area (Å²) in [4.78, 5) is 19.2. The quantitative estimate of drug-likeness (QED) is 0.322. The summed E-state index contributed by atoms with van der Waals surface area (Å²) in [5.41, 5.74) is 1.15. The highest BCUT2D eigenvalue weighted by Crippen LogP contribution is 2.32. The second-order valence-electron chi connectivity index (χ2n) is 9.50. The zero-order chi connectivity index (χ0) is 27.1. The molecule has 198 valence electrons. The van der Waals surface area contributed by atoms with Gasteiger partial charge in [0.2, 0.25) is 0 Å². The van der Waals surface area contributed by atoms with Gasteiger partial charge in [-0.25, -0.2) is 22.8 Å². The Balaban J connectivity index is 1.93. The number of nitrogens with one attached hydrogen (secondary N) is 1. The maximum absolute atomic E-state index is 15.2. The van der Waals surface area contributed by atoms with Gasteiger partial charge in [-0.05, 0) is 53.3 Å². The second-order valence-corrected chi connectivity index (χ2v) is 11.4. The lowest BCUT2D eigenvalue weighted by atomic mass is 9.79. The number of halogens is 1. The molecule has 0 atom stereocenters. The van der Waals surface area contributed by atoms with Crippen LogP contribution in [0.5, 0.6) is 0 Å². The van der Waals surface area contributed by atoms with Gasteiger partial charge >= 0.3 is 5.97 Å². The van der Waals surface area contributed by atoms with Crippen LogP contribution >= 0.6 is 0 Å². The van der Waals surface area contributed by atoms with Crippen LogP contribution in [0.2, 0.25) is 0 Å². The summed E-state index contributed by atoms with van der Waals surface area (Å²) in [6, 6.07) is 14.4.